The predicted molar refractivity (Wildman–Crippen MR) is 77.4 cm³/mol. The van der Waals surface area contributed by atoms with E-state index in [1.54, 1.807) is 32.0 Å². The van der Waals surface area contributed by atoms with Gasteiger partial charge in [0.15, 0.2) is 0 Å². The third-order valence-corrected chi connectivity index (χ3v) is 3.29. The van der Waals surface area contributed by atoms with Crippen molar-refractivity contribution in [1.82, 2.24) is 0 Å². The van der Waals surface area contributed by atoms with Gasteiger partial charge in [0.2, 0.25) is 0 Å². The second kappa shape index (κ2) is 5.78. The van der Waals surface area contributed by atoms with Crippen molar-refractivity contribution in [2.75, 3.05) is 0 Å². The van der Waals surface area contributed by atoms with Gasteiger partial charge in [0.1, 0.15) is 12.4 Å². The van der Waals surface area contributed by atoms with E-state index in [0.29, 0.717) is 0 Å². The van der Waals surface area contributed by atoms with Gasteiger partial charge < -0.3 is 9.84 Å². The molecule has 3 nitrogen and oxygen atoms in total. The number of carbonyl (C=O) groups is 1. The first-order chi connectivity index (χ1) is 9.50. The minimum atomic E-state index is -0.798. The molecule has 0 fully saturated rings. The molecule has 0 aliphatic heterocycles. The summed E-state index contributed by atoms with van der Waals surface area (Å²) >= 11 is 0. The number of phenolic OH excluding ortho intramolecular Hbond substituents is 1. The van der Waals surface area contributed by atoms with Gasteiger partial charge in [-0.15, -0.1) is 0 Å². The lowest BCUT2D eigenvalue weighted by atomic mass is 9.84. The van der Waals surface area contributed by atoms with Crippen molar-refractivity contribution >= 4 is 5.97 Å². The van der Waals surface area contributed by atoms with Crippen LogP contribution in [-0.4, -0.2) is 11.1 Å². The van der Waals surface area contributed by atoms with Gasteiger partial charge in [-0.2, -0.15) is 0 Å². The highest BCUT2D eigenvalue weighted by Gasteiger charge is 2.31. The SMILES string of the molecule is CC(C)(C(=O)OCc1ccccc1)c1cccc(O)c1. The van der Waals surface area contributed by atoms with Gasteiger partial charge in [0, 0.05) is 0 Å². The highest BCUT2D eigenvalue weighted by Crippen LogP contribution is 2.27. The molecular formula is C17H18O3. The van der Waals surface area contributed by atoms with E-state index in [-0.39, 0.29) is 18.3 Å². The maximum Gasteiger partial charge on any atom is 0.316 e. The zero-order valence-corrected chi connectivity index (χ0v) is 11.7. The van der Waals surface area contributed by atoms with Crippen LogP contribution in [-0.2, 0) is 21.6 Å². The van der Waals surface area contributed by atoms with E-state index in [4.69, 9.17) is 4.74 Å². The van der Waals surface area contributed by atoms with E-state index in [1.807, 2.05) is 36.4 Å². The molecule has 3 heteroatoms. The van der Waals surface area contributed by atoms with Crippen LogP contribution >= 0.6 is 0 Å². The lowest BCUT2D eigenvalue weighted by Crippen LogP contribution is -2.30. The minimum absolute atomic E-state index is 0.145. The summed E-state index contributed by atoms with van der Waals surface area (Å²) in [7, 11) is 0. The summed E-state index contributed by atoms with van der Waals surface area (Å²) in [5.74, 6) is -0.168. The molecule has 0 saturated carbocycles. The van der Waals surface area contributed by atoms with Crippen molar-refractivity contribution in [3.8, 4) is 5.75 Å². The number of ether oxygens (including phenoxy) is 1. The van der Waals surface area contributed by atoms with Crippen molar-refractivity contribution in [3.63, 3.8) is 0 Å². The van der Waals surface area contributed by atoms with Crippen LogP contribution < -0.4 is 0 Å². The number of carbonyl (C=O) groups excluding carboxylic acids is 1. The Morgan fingerprint density at radius 3 is 2.45 bits per heavy atom. The van der Waals surface area contributed by atoms with Crippen LogP contribution in [0.4, 0.5) is 0 Å². The lowest BCUT2D eigenvalue weighted by Gasteiger charge is -2.23. The summed E-state index contributed by atoms with van der Waals surface area (Å²) in [6.07, 6.45) is 0. The fourth-order valence-corrected chi connectivity index (χ4v) is 1.92. The molecule has 0 aromatic heterocycles. The van der Waals surface area contributed by atoms with Crippen molar-refractivity contribution in [3.05, 3.63) is 65.7 Å². The molecule has 104 valence electrons. The number of aromatic hydroxyl groups is 1. The first-order valence-electron chi connectivity index (χ1n) is 6.51. The number of esters is 1. The standard InChI is InChI=1S/C17H18O3/c1-17(2,14-9-6-10-15(18)11-14)16(19)20-12-13-7-4-3-5-8-13/h3-11,18H,12H2,1-2H3. The highest BCUT2D eigenvalue weighted by atomic mass is 16.5. The Morgan fingerprint density at radius 2 is 1.80 bits per heavy atom. The quantitative estimate of drug-likeness (QED) is 0.866. The normalized spacial score (nSPS) is 11.1. The molecule has 0 saturated heterocycles. The Kier molecular flexibility index (Phi) is 4.08. The maximum absolute atomic E-state index is 12.2. The number of hydrogen-bond donors (Lipinski definition) is 1. The first-order valence-corrected chi connectivity index (χ1v) is 6.51. The van der Waals surface area contributed by atoms with Crippen molar-refractivity contribution in [2.45, 2.75) is 25.9 Å². The summed E-state index contributed by atoms with van der Waals surface area (Å²) < 4.78 is 5.37. The highest BCUT2D eigenvalue weighted by molar-refractivity contribution is 5.82. The molecule has 0 unspecified atom stereocenters. The third-order valence-electron chi connectivity index (χ3n) is 3.29. The van der Waals surface area contributed by atoms with Gasteiger partial charge >= 0.3 is 5.97 Å². The van der Waals surface area contributed by atoms with E-state index in [2.05, 4.69) is 0 Å². The maximum atomic E-state index is 12.2. The monoisotopic (exact) mass is 270 g/mol. The Labute approximate surface area is 118 Å². The second-order valence-corrected chi connectivity index (χ2v) is 5.24. The Hall–Kier alpha value is -2.29. The summed E-state index contributed by atoms with van der Waals surface area (Å²) in [5, 5.41) is 9.51. The Morgan fingerprint density at radius 1 is 1.10 bits per heavy atom. The molecule has 0 heterocycles. The second-order valence-electron chi connectivity index (χ2n) is 5.24. The van der Waals surface area contributed by atoms with E-state index in [0.717, 1.165) is 11.1 Å². The van der Waals surface area contributed by atoms with E-state index >= 15 is 0 Å². The summed E-state index contributed by atoms with van der Waals surface area (Å²) in [6.45, 7) is 3.83. The average molecular weight is 270 g/mol. The van der Waals surface area contributed by atoms with Gasteiger partial charge in [-0.05, 0) is 37.1 Å². The number of hydrogen-bond acceptors (Lipinski definition) is 3. The predicted octanol–water partition coefficient (Wildman–Crippen LogP) is 3.41. The van der Waals surface area contributed by atoms with Crippen molar-refractivity contribution in [2.24, 2.45) is 0 Å². The molecule has 20 heavy (non-hydrogen) atoms. The van der Waals surface area contributed by atoms with Gasteiger partial charge in [-0.25, -0.2) is 0 Å². The molecule has 0 amide bonds. The van der Waals surface area contributed by atoms with Crippen molar-refractivity contribution in [1.29, 1.82) is 0 Å². The van der Waals surface area contributed by atoms with Crippen LogP contribution in [0, 0.1) is 0 Å². The van der Waals surface area contributed by atoms with Gasteiger partial charge in [0.05, 0.1) is 5.41 Å². The van der Waals surface area contributed by atoms with Crippen LogP contribution in [0.1, 0.15) is 25.0 Å². The van der Waals surface area contributed by atoms with Crippen molar-refractivity contribution < 1.29 is 14.6 Å². The number of rotatable bonds is 4. The van der Waals surface area contributed by atoms with Crippen LogP contribution in [0.3, 0.4) is 0 Å². The number of benzene rings is 2. The summed E-state index contributed by atoms with van der Waals surface area (Å²) in [5.41, 5.74) is 0.885. The molecule has 0 aliphatic carbocycles. The van der Waals surface area contributed by atoms with Gasteiger partial charge in [0.25, 0.3) is 0 Å². The molecule has 0 atom stereocenters. The molecule has 0 bridgehead atoms. The molecule has 2 rings (SSSR count). The number of phenols is 1. The first kappa shape index (κ1) is 14.1. The molecule has 1 N–H and O–H groups in total. The topological polar surface area (TPSA) is 46.5 Å². The van der Waals surface area contributed by atoms with Gasteiger partial charge in [-0.1, -0.05) is 42.5 Å². The molecule has 0 radical (unpaired) electrons. The Bertz CT molecular complexity index is 588. The third kappa shape index (κ3) is 3.18. The zero-order valence-electron chi connectivity index (χ0n) is 11.7. The Balaban J connectivity index is 2.07. The van der Waals surface area contributed by atoms with Crippen LogP contribution in [0.25, 0.3) is 0 Å². The molecular weight excluding hydrogens is 252 g/mol. The largest absolute Gasteiger partial charge is 0.508 e. The van der Waals surface area contributed by atoms with E-state index < -0.39 is 5.41 Å². The zero-order chi connectivity index (χ0) is 14.6. The average Bonchev–Trinajstić information content (AvgIpc) is 2.45. The fraction of sp³-hybridized carbons (Fsp3) is 0.235. The fourth-order valence-electron chi connectivity index (χ4n) is 1.92. The summed E-state index contributed by atoms with van der Waals surface area (Å²) in [4.78, 5) is 12.2. The van der Waals surface area contributed by atoms with Crippen LogP contribution in [0.2, 0.25) is 0 Å². The molecule has 2 aromatic carbocycles. The summed E-state index contributed by atoms with van der Waals surface area (Å²) in [6, 6.07) is 16.2. The van der Waals surface area contributed by atoms with Crippen LogP contribution in [0.15, 0.2) is 54.6 Å². The molecule has 2 aromatic rings. The van der Waals surface area contributed by atoms with Gasteiger partial charge in [-0.3, -0.25) is 4.79 Å². The van der Waals surface area contributed by atoms with Crippen LogP contribution in [0.5, 0.6) is 5.75 Å². The minimum Gasteiger partial charge on any atom is -0.508 e. The lowest BCUT2D eigenvalue weighted by molar-refractivity contribution is -0.150. The molecule has 0 spiro atoms. The van der Waals surface area contributed by atoms with E-state index in [1.165, 1.54) is 0 Å². The smallest absolute Gasteiger partial charge is 0.316 e. The molecule has 0 aliphatic rings. The van der Waals surface area contributed by atoms with E-state index in [9.17, 15) is 9.90 Å².